The fourth-order valence-electron chi connectivity index (χ4n) is 1.34. The largest absolute Gasteiger partial charge is 0.480 e. The quantitative estimate of drug-likeness (QED) is 0.687. The maximum atomic E-state index is 10.5. The molecule has 1 aliphatic heterocycles. The first-order valence-electron chi connectivity index (χ1n) is 3.84. The van der Waals surface area contributed by atoms with Crippen molar-refractivity contribution in [1.82, 2.24) is 0 Å². The van der Waals surface area contributed by atoms with Gasteiger partial charge in [0.05, 0.1) is 0 Å². The molecule has 3 heteroatoms. The molecule has 60 valence electrons. The van der Waals surface area contributed by atoms with Crippen LogP contribution >= 0.6 is 11.8 Å². The van der Waals surface area contributed by atoms with Crippen molar-refractivity contribution in [2.45, 2.75) is 24.5 Å². The Labute approximate surface area is 69.7 Å². The maximum Gasteiger partial charge on any atom is 0.317 e. The molecular weight excluding hydrogens is 160 g/mol. The molecule has 0 aromatic heterocycles. The Morgan fingerprint density at radius 3 is 2.82 bits per heavy atom. The lowest BCUT2D eigenvalue weighted by Crippen LogP contribution is -2.13. The van der Waals surface area contributed by atoms with Crippen molar-refractivity contribution in [3.8, 4) is 0 Å². The molecule has 1 aliphatic carbocycles. The second-order valence-electron chi connectivity index (χ2n) is 3.13. The summed E-state index contributed by atoms with van der Waals surface area (Å²) >= 11 is 1.47. The molecule has 1 atom stereocenters. The van der Waals surface area contributed by atoms with Crippen LogP contribution in [0.4, 0.5) is 0 Å². The van der Waals surface area contributed by atoms with E-state index in [4.69, 9.17) is 5.11 Å². The Balaban J connectivity index is 1.94. The molecule has 1 heterocycles. The van der Waals surface area contributed by atoms with Gasteiger partial charge in [0.15, 0.2) is 0 Å². The van der Waals surface area contributed by atoms with Crippen LogP contribution in [0, 0.1) is 5.92 Å². The minimum atomic E-state index is -0.665. The summed E-state index contributed by atoms with van der Waals surface area (Å²) in [7, 11) is 0. The molecule has 1 unspecified atom stereocenters. The van der Waals surface area contributed by atoms with Gasteiger partial charge in [-0.3, -0.25) is 4.79 Å². The molecule has 0 spiro atoms. The van der Waals surface area contributed by atoms with Crippen molar-refractivity contribution in [3.63, 3.8) is 0 Å². The van der Waals surface area contributed by atoms with Gasteiger partial charge in [-0.05, 0) is 30.6 Å². The zero-order valence-corrected chi connectivity index (χ0v) is 6.93. The number of thioether (sulfide) groups is 1. The standard InChI is InChI=1S/C8H10O2S/c9-8(10)7-3-6(4-11-7)5-1-2-5/h4-5,7H,1-3H2,(H,9,10). The summed E-state index contributed by atoms with van der Waals surface area (Å²) in [5.41, 5.74) is 1.38. The summed E-state index contributed by atoms with van der Waals surface area (Å²) in [6.07, 6.45) is 3.34. The molecule has 0 radical (unpaired) electrons. The predicted molar refractivity (Wildman–Crippen MR) is 44.4 cm³/mol. The summed E-state index contributed by atoms with van der Waals surface area (Å²) in [5.74, 6) is 0.0775. The summed E-state index contributed by atoms with van der Waals surface area (Å²) in [5, 5.41) is 10.5. The monoisotopic (exact) mass is 170 g/mol. The highest BCUT2D eigenvalue weighted by molar-refractivity contribution is 8.03. The molecule has 0 amide bonds. The van der Waals surface area contributed by atoms with Crippen LogP contribution in [0.1, 0.15) is 19.3 Å². The Bertz CT molecular complexity index is 218. The van der Waals surface area contributed by atoms with E-state index in [1.165, 1.54) is 30.2 Å². The minimum absolute atomic E-state index is 0.189. The first-order chi connectivity index (χ1) is 5.27. The first kappa shape index (κ1) is 7.22. The van der Waals surface area contributed by atoms with E-state index in [0.29, 0.717) is 0 Å². The number of carboxylic acids is 1. The molecular formula is C8H10O2S. The fraction of sp³-hybridized carbons (Fsp3) is 0.625. The van der Waals surface area contributed by atoms with Crippen molar-refractivity contribution in [3.05, 3.63) is 11.0 Å². The number of carboxylic acid groups (broad SMARTS) is 1. The van der Waals surface area contributed by atoms with Gasteiger partial charge in [-0.25, -0.2) is 0 Å². The Morgan fingerprint density at radius 2 is 2.36 bits per heavy atom. The van der Waals surface area contributed by atoms with Crippen molar-refractivity contribution < 1.29 is 9.90 Å². The van der Waals surface area contributed by atoms with E-state index in [-0.39, 0.29) is 5.25 Å². The Kier molecular flexibility index (Phi) is 1.68. The number of hydrogen-bond donors (Lipinski definition) is 1. The second-order valence-corrected chi connectivity index (χ2v) is 4.21. The highest BCUT2D eigenvalue weighted by Crippen LogP contribution is 2.44. The molecule has 11 heavy (non-hydrogen) atoms. The lowest BCUT2D eigenvalue weighted by molar-refractivity contribution is -0.136. The van der Waals surface area contributed by atoms with Crippen LogP contribution in [0.5, 0.6) is 0 Å². The lowest BCUT2D eigenvalue weighted by atomic mass is 10.1. The van der Waals surface area contributed by atoms with Gasteiger partial charge in [0, 0.05) is 0 Å². The number of rotatable bonds is 2. The van der Waals surface area contributed by atoms with E-state index in [1.807, 2.05) is 0 Å². The number of hydrogen-bond acceptors (Lipinski definition) is 2. The van der Waals surface area contributed by atoms with Gasteiger partial charge in [0.2, 0.25) is 0 Å². The minimum Gasteiger partial charge on any atom is -0.480 e. The van der Waals surface area contributed by atoms with Crippen LogP contribution in [-0.4, -0.2) is 16.3 Å². The van der Waals surface area contributed by atoms with E-state index in [2.05, 4.69) is 5.41 Å². The van der Waals surface area contributed by atoms with Crippen molar-refractivity contribution >= 4 is 17.7 Å². The zero-order valence-electron chi connectivity index (χ0n) is 6.12. The van der Waals surface area contributed by atoms with E-state index >= 15 is 0 Å². The third kappa shape index (κ3) is 1.43. The maximum absolute atomic E-state index is 10.5. The molecule has 2 nitrogen and oxygen atoms in total. The van der Waals surface area contributed by atoms with Crippen molar-refractivity contribution in [1.29, 1.82) is 0 Å². The number of aliphatic carboxylic acids is 1. The lowest BCUT2D eigenvalue weighted by Gasteiger charge is -2.01. The van der Waals surface area contributed by atoms with Crippen LogP contribution in [0.25, 0.3) is 0 Å². The topological polar surface area (TPSA) is 37.3 Å². The normalized spacial score (nSPS) is 30.2. The Hall–Kier alpha value is -0.440. The molecule has 0 aromatic carbocycles. The van der Waals surface area contributed by atoms with Gasteiger partial charge < -0.3 is 5.11 Å². The highest BCUT2D eigenvalue weighted by atomic mass is 32.2. The highest BCUT2D eigenvalue weighted by Gasteiger charge is 2.33. The van der Waals surface area contributed by atoms with Crippen LogP contribution in [0.2, 0.25) is 0 Å². The van der Waals surface area contributed by atoms with Gasteiger partial charge in [-0.2, -0.15) is 0 Å². The molecule has 2 rings (SSSR count). The molecule has 2 aliphatic rings. The average molecular weight is 170 g/mol. The average Bonchev–Trinajstić information content (AvgIpc) is 2.68. The van der Waals surface area contributed by atoms with Gasteiger partial charge >= 0.3 is 5.97 Å². The molecule has 1 fully saturated rings. The van der Waals surface area contributed by atoms with Crippen molar-refractivity contribution in [2.75, 3.05) is 0 Å². The van der Waals surface area contributed by atoms with Crippen LogP contribution in [0.15, 0.2) is 11.0 Å². The van der Waals surface area contributed by atoms with Gasteiger partial charge in [0.25, 0.3) is 0 Å². The molecule has 0 saturated heterocycles. The summed E-state index contributed by atoms with van der Waals surface area (Å²) < 4.78 is 0. The molecule has 0 bridgehead atoms. The summed E-state index contributed by atoms with van der Waals surface area (Å²) in [6, 6.07) is 0. The van der Waals surface area contributed by atoms with E-state index in [1.54, 1.807) is 0 Å². The van der Waals surface area contributed by atoms with Crippen LogP contribution in [-0.2, 0) is 4.79 Å². The number of allylic oxidation sites excluding steroid dienone is 1. The van der Waals surface area contributed by atoms with Gasteiger partial charge in [0.1, 0.15) is 5.25 Å². The smallest absolute Gasteiger partial charge is 0.317 e. The zero-order chi connectivity index (χ0) is 7.84. The third-order valence-electron chi connectivity index (χ3n) is 2.18. The summed E-state index contributed by atoms with van der Waals surface area (Å²) in [6.45, 7) is 0. The SMILES string of the molecule is O=C(O)C1CC(C2CC2)=CS1. The van der Waals surface area contributed by atoms with Crippen LogP contribution in [0.3, 0.4) is 0 Å². The van der Waals surface area contributed by atoms with Gasteiger partial charge in [-0.15, -0.1) is 11.8 Å². The Morgan fingerprint density at radius 1 is 1.64 bits per heavy atom. The predicted octanol–water partition coefficient (Wildman–Crippen LogP) is 1.87. The van der Waals surface area contributed by atoms with Gasteiger partial charge in [-0.1, -0.05) is 5.57 Å². The van der Waals surface area contributed by atoms with E-state index < -0.39 is 5.97 Å². The van der Waals surface area contributed by atoms with Crippen molar-refractivity contribution in [2.24, 2.45) is 5.92 Å². The third-order valence-corrected chi connectivity index (χ3v) is 3.32. The second kappa shape index (κ2) is 2.55. The molecule has 1 saturated carbocycles. The first-order valence-corrected chi connectivity index (χ1v) is 4.79. The molecule has 0 aromatic rings. The number of carbonyl (C=O) groups is 1. The molecule has 1 N–H and O–H groups in total. The fourth-order valence-corrected chi connectivity index (χ4v) is 2.38. The van der Waals surface area contributed by atoms with E-state index in [0.717, 1.165) is 12.3 Å². The summed E-state index contributed by atoms with van der Waals surface area (Å²) in [4.78, 5) is 10.5. The van der Waals surface area contributed by atoms with Crippen LogP contribution < -0.4 is 0 Å². The van der Waals surface area contributed by atoms with E-state index in [9.17, 15) is 4.79 Å².